The van der Waals surface area contributed by atoms with Crippen molar-refractivity contribution in [1.29, 1.82) is 0 Å². The van der Waals surface area contributed by atoms with Crippen molar-refractivity contribution in [2.45, 2.75) is 5.41 Å². The van der Waals surface area contributed by atoms with Gasteiger partial charge in [0.15, 0.2) is 0 Å². The highest BCUT2D eigenvalue weighted by molar-refractivity contribution is 6.19. The van der Waals surface area contributed by atoms with Gasteiger partial charge in [0.05, 0.1) is 16.4 Å². The van der Waals surface area contributed by atoms with Gasteiger partial charge in [-0.1, -0.05) is 182 Å². The predicted octanol–water partition coefficient (Wildman–Crippen LogP) is 15.9. The number of benzene rings is 10. The second kappa shape index (κ2) is 13.9. The van der Waals surface area contributed by atoms with Crippen molar-refractivity contribution in [2.24, 2.45) is 0 Å². The summed E-state index contributed by atoms with van der Waals surface area (Å²) in [5.74, 6) is 0. The number of hydrogen-bond acceptors (Lipinski definition) is 1. The molecule has 10 aromatic carbocycles. The lowest BCUT2D eigenvalue weighted by molar-refractivity contribution is 0.794. The van der Waals surface area contributed by atoms with Crippen LogP contribution in [0, 0.1) is 0 Å². The van der Waals surface area contributed by atoms with E-state index in [1.54, 1.807) is 0 Å². The average molecular weight is 801 g/mol. The Balaban J connectivity index is 1.10. The highest BCUT2D eigenvalue weighted by Crippen LogP contribution is 2.64. The summed E-state index contributed by atoms with van der Waals surface area (Å²) in [5.41, 5.74) is 21.8. The molecule has 1 spiro atoms. The van der Waals surface area contributed by atoms with Crippen LogP contribution in [0.2, 0.25) is 0 Å². The Labute approximate surface area is 367 Å². The first-order valence-electron chi connectivity index (χ1n) is 21.8. The molecule has 0 amide bonds. The Morgan fingerprint density at radius 2 is 0.762 bits per heavy atom. The van der Waals surface area contributed by atoms with Crippen LogP contribution in [0.1, 0.15) is 22.3 Å². The maximum Gasteiger partial charge on any atom is 0.0725 e. The summed E-state index contributed by atoms with van der Waals surface area (Å²) >= 11 is 0. The molecule has 1 aromatic heterocycles. The molecule has 2 aliphatic rings. The van der Waals surface area contributed by atoms with E-state index in [0.29, 0.717) is 0 Å². The molecular weight excluding hydrogens is 761 g/mol. The maximum atomic E-state index is 2.48. The topological polar surface area (TPSA) is 8.17 Å². The Bertz CT molecular complexity index is 3480. The van der Waals surface area contributed by atoms with E-state index in [1.807, 2.05) is 0 Å². The Morgan fingerprint density at radius 3 is 1.37 bits per heavy atom. The first-order valence-corrected chi connectivity index (χ1v) is 21.8. The molecule has 63 heavy (non-hydrogen) atoms. The number of anilines is 3. The molecule has 13 rings (SSSR count). The van der Waals surface area contributed by atoms with Gasteiger partial charge in [0, 0.05) is 33.5 Å². The molecule has 0 fully saturated rings. The second-order valence-corrected chi connectivity index (χ2v) is 16.8. The van der Waals surface area contributed by atoms with Crippen LogP contribution in [0.5, 0.6) is 0 Å². The third kappa shape index (κ3) is 5.19. The van der Waals surface area contributed by atoms with Gasteiger partial charge >= 0.3 is 0 Å². The van der Waals surface area contributed by atoms with E-state index in [0.717, 1.165) is 22.7 Å². The fraction of sp³-hybridized carbons (Fsp3) is 0.0164. The third-order valence-electron chi connectivity index (χ3n) is 13.6. The Kier molecular flexibility index (Phi) is 7.85. The van der Waals surface area contributed by atoms with Crippen LogP contribution in [-0.2, 0) is 5.41 Å². The van der Waals surface area contributed by atoms with E-state index < -0.39 is 5.41 Å². The number of hydrogen-bond donors (Lipinski definition) is 0. The minimum atomic E-state index is -0.437. The normalized spacial score (nSPS) is 12.9. The maximum absolute atomic E-state index is 2.48. The van der Waals surface area contributed by atoms with Crippen LogP contribution in [0.15, 0.2) is 243 Å². The van der Waals surface area contributed by atoms with E-state index in [1.165, 1.54) is 88.6 Å². The van der Waals surface area contributed by atoms with Gasteiger partial charge in [0.2, 0.25) is 0 Å². The summed E-state index contributed by atoms with van der Waals surface area (Å²) in [6.07, 6.45) is 0. The summed E-state index contributed by atoms with van der Waals surface area (Å²) < 4.78 is 2.48. The fourth-order valence-electron chi connectivity index (χ4n) is 11.0. The standard InChI is InChI=1S/C61H40N2/c1-4-16-41(17-5-1)43-28-32-46(33-29-43)62(45-20-8-3-9-21-45)48-36-38-57-52(40-48)60-58(63(57)47-34-30-44(31-35-47)42-18-6-2-7-19-42)39-37-56-59(60)51-24-12-15-27-55(51)61(56)53-25-13-10-22-49(53)50-23-11-14-26-54(50)61/h1-40H. The quantitative estimate of drug-likeness (QED) is 0.163. The highest BCUT2D eigenvalue weighted by atomic mass is 15.1. The van der Waals surface area contributed by atoms with E-state index in [2.05, 4.69) is 252 Å². The summed E-state index contributed by atoms with van der Waals surface area (Å²) in [6, 6.07) is 89.4. The van der Waals surface area contributed by atoms with Crippen molar-refractivity contribution in [3.63, 3.8) is 0 Å². The third-order valence-corrected chi connectivity index (χ3v) is 13.6. The highest BCUT2D eigenvalue weighted by Gasteiger charge is 2.52. The van der Waals surface area contributed by atoms with Crippen molar-refractivity contribution in [3.8, 4) is 50.2 Å². The molecule has 0 aliphatic heterocycles. The zero-order valence-corrected chi connectivity index (χ0v) is 34.5. The van der Waals surface area contributed by atoms with Gasteiger partial charge in [0.25, 0.3) is 0 Å². The monoisotopic (exact) mass is 800 g/mol. The molecule has 2 aliphatic carbocycles. The molecule has 2 nitrogen and oxygen atoms in total. The van der Waals surface area contributed by atoms with Gasteiger partial charge in [-0.2, -0.15) is 0 Å². The lowest BCUT2D eigenvalue weighted by atomic mass is 9.70. The number of fused-ring (bicyclic) bond motifs is 14. The smallest absolute Gasteiger partial charge is 0.0725 e. The minimum Gasteiger partial charge on any atom is -0.310 e. The van der Waals surface area contributed by atoms with Gasteiger partial charge in [-0.3, -0.25) is 0 Å². The zero-order chi connectivity index (χ0) is 41.5. The van der Waals surface area contributed by atoms with Gasteiger partial charge in [-0.15, -0.1) is 0 Å². The first-order chi connectivity index (χ1) is 31.3. The van der Waals surface area contributed by atoms with Gasteiger partial charge < -0.3 is 9.47 Å². The molecular formula is C61H40N2. The van der Waals surface area contributed by atoms with Gasteiger partial charge in [0.1, 0.15) is 0 Å². The second-order valence-electron chi connectivity index (χ2n) is 16.8. The van der Waals surface area contributed by atoms with Crippen molar-refractivity contribution in [3.05, 3.63) is 265 Å². The molecule has 294 valence electrons. The van der Waals surface area contributed by atoms with E-state index in [4.69, 9.17) is 0 Å². The Hall–Kier alpha value is -8.20. The van der Waals surface area contributed by atoms with Gasteiger partial charge in [-0.05, 0) is 127 Å². The summed E-state index contributed by atoms with van der Waals surface area (Å²) in [4.78, 5) is 2.40. The molecule has 11 aromatic rings. The molecule has 2 heteroatoms. The van der Waals surface area contributed by atoms with Crippen molar-refractivity contribution >= 4 is 38.9 Å². The average Bonchev–Trinajstić information content (AvgIpc) is 3.97. The molecule has 0 bridgehead atoms. The Morgan fingerprint density at radius 1 is 0.317 bits per heavy atom. The summed E-state index contributed by atoms with van der Waals surface area (Å²) in [7, 11) is 0. The van der Waals surface area contributed by atoms with Crippen molar-refractivity contribution in [2.75, 3.05) is 4.90 Å². The van der Waals surface area contributed by atoms with Crippen molar-refractivity contribution in [1.82, 2.24) is 4.57 Å². The molecule has 0 unspecified atom stereocenters. The van der Waals surface area contributed by atoms with Crippen LogP contribution in [0.25, 0.3) is 72.0 Å². The van der Waals surface area contributed by atoms with Crippen LogP contribution in [0.4, 0.5) is 17.1 Å². The van der Waals surface area contributed by atoms with E-state index in [-0.39, 0.29) is 0 Å². The van der Waals surface area contributed by atoms with Gasteiger partial charge in [-0.25, -0.2) is 0 Å². The van der Waals surface area contributed by atoms with Crippen LogP contribution < -0.4 is 4.90 Å². The zero-order valence-electron chi connectivity index (χ0n) is 34.5. The SMILES string of the molecule is c1ccc(-c2ccc(N(c3ccccc3)c3ccc4c(c3)c3c5c(ccc3n4-c3ccc(-c4ccccc4)cc3)C3(c4ccccc4-c4ccccc43)c3ccccc3-5)cc2)cc1. The van der Waals surface area contributed by atoms with E-state index >= 15 is 0 Å². The number of nitrogens with zero attached hydrogens (tertiary/aromatic N) is 2. The predicted molar refractivity (Wildman–Crippen MR) is 263 cm³/mol. The molecule has 0 N–H and O–H groups in total. The fourth-order valence-corrected chi connectivity index (χ4v) is 11.0. The lowest BCUT2D eigenvalue weighted by Crippen LogP contribution is -2.25. The molecule has 0 atom stereocenters. The van der Waals surface area contributed by atoms with Crippen LogP contribution >= 0.6 is 0 Å². The van der Waals surface area contributed by atoms with Crippen LogP contribution in [0.3, 0.4) is 0 Å². The molecule has 1 heterocycles. The van der Waals surface area contributed by atoms with E-state index in [9.17, 15) is 0 Å². The molecule has 0 radical (unpaired) electrons. The largest absolute Gasteiger partial charge is 0.310 e. The van der Waals surface area contributed by atoms with Crippen molar-refractivity contribution < 1.29 is 0 Å². The summed E-state index contributed by atoms with van der Waals surface area (Å²) in [6.45, 7) is 0. The molecule has 0 saturated carbocycles. The number of rotatable bonds is 6. The molecule has 0 saturated heterocycles. The first kappa shape index (κ1) is 35.5. The summed E-state index contributed by atoms with van der Waals surface area (Å²) in [5, 5.41) is 2.50. The number of aromatic nitrogens is 1. The number of para-hydroxylation sites is 1. The van der Waals surface area contributed by atoms with Crippen LogP contribution in [-0.4, -0.2) is 4.57 Å². The minimum absolute atomic E-state index is 0.437. The lowest BCUT2D eigenvalue weighted by Gasteiger charge is -2.30.